The zero-order chi connectivity index (χ0) is 0. The van der Waals surface area contributed by atoms with Crippen LogP contribution in [0.1, 0.15) is 1.43 Å². The Morgan fingerprint density at radius 1 is 0.750 bits per heavy atom. The van der Waals surface area contributed by atoms with E-state index < -0.39 is 0 Å². The van der Waals surface area contributed by atoms with Crippen molar-refractivity contribution >= 4 is 0 Å². The first-order chi connectivity index (χ1) is 0. The third-order valence-corrected chi connectivity index (χ3v) is 0. The summed E-state index contributed by atoms with van der Waals surface area (Å²) in [7, 11) is 0. The number of hydrogen-bond acceptors (Lipinski definition) is 3. The SMILES string of the molecule is [H+].[OH-].[OH-].[OH-].[Pd+2]. The molecule has 0 aromatic heterocycles. The summed E-state index contributed by atoms with van der Waals surface area (Å²) in [6, 6.07) is 0. The van der Waals surface area contributed by atoms with E-state index in [9.17, 15) is 0 Å². The van der Waals surface area contributed by atoms with Crippen molar-refractivity contribution in [2.75, 3.05) is 0 Å². The first-order valence-corrected chi connectivity index (χ1v) is 0. The van der Waals surface area contributed by atoms with Crippen LogP contribution in [-0.2, 0) is 20.4 Å². The second-order valence-electron chi connectivity index (χ2n) is 0. The van der Waals surface area contributed by atoms with Crippen molar-refractivity contribution < 1.29 is 38.3 Å². The molecule has 0 aromatic rings. The molecule has 0 aromatic carbocycles. The van der Waals surface area contributed by atoms with Gasteiger partial charge in [0.15, 0.2) is 0 Å². The number of rotatable bonds is 0. The Labute approximate surface area is 39.1 Å². The van der Waals surface area contributed by atoms with Gasteiger partial charge >= 0.3 is 21.8 Å². The second-order valence-corrected chi connectivity index (χ2v) is 0. The first kappa shape index (κ1) is 194. The Morgan fingerprint density at radius 3 is 0.750 bits per heavy atom. The van der Waals surface area contributed by atoms with Crippen molar-refractivity contribution in [1.82, 2.24) is 0 Å². The molecule has 0 aliphatic heterocycles. The van der Waals surface area contributed by atoms with Crippen LogP contribution in [-0.4, -0.2) is 16.4 Å². The fourth-order valence-corrected chi connectivity index (χ4v) is 0. The molecule has 0 rings (SSSR count). The molecule has 0 radical (unpaired) electrons. The van der Waals surface area contributed by atoms with E-state index in [0.29, 0.717) is 0 Å². The zero-order valence-corrected chi connectivity index (χ0v) is 3.21. The average molecular weight is 158 g/mol. The van der Waals surface area contributed by atoms with Crippen LogP contribution in [0.5, 0.6) is 0 Å². The molecule has 0 bridgehead atoms. The molecular formula is H4O3Pd. The van der Waals surface area contributed by atoms with Crippen LogP contribution in [0.2, 0.25) is 0 Å². The van der Waals surface area contributed by atoms with Crippen molar-refractivity contribution in [2.45, 2.75) is 0 Å². The van der Waals surface area contributed by atoms with Gasteiger partial charge in [-0.2, -0.15) is 0 Å². The van der Waals surface area contributed by atoms with Gasteiger partial charge < -0.3 is 16.4 Å². The van der Waals surface area contributed by atoms with Crippen LogP contribution < -0.4 is 0 Å². The molecular weight excluding hydrogens is 154 g/mol. The third-order valence-electron chi connectivity index (χ3n) is 0. The minimum Gasteiger partial charge on any atom is -0.870 e. The maximum atomic E-state index is 0. The van der Waals surface area contributed by atoms with Crippen LogP contribution in [0.15, 0.2) is 0 Å². The van der Waals surface area contributed by atoms with Crippen molar-refractivity contribution in [3.63, 3.8) is 0 Å². The van der Waals surface area contributed by atoms with Crippen LogP contribution in [0.25, 0.3) is 0 Å². The van der Waals surface area contributed by atoms with E-state index >= 15 is 0 Å². The van der Waals surface area contributed by atoms with Gasteiger partial charge in [0.2, 0.25) is 0 Å². The van der Waals surface area contributed by atoms with E-state index in [1.807, 2.05) is 0 Å². The minimum absolute atomic E-state index is 0. The van der Waals surface area contributed by atoms with E-state index in [1.54, 1.807) is 0 Å². The molecule has 0 saturated carbocycles. The summed E-state index contributed by atoms with van der Waals surface area (Å²) >= 11 is 0. The van der Waals surface area contributed by atoms with Crippen molar-refractivity contribution in [1.29, 1.82) is 0 Å². The summed E-state index contributed by atoms with van der Waals surface area (Å²) in [6.45, 7) is 0. The molecule has 3 N–H and O–H groups in total. The molecule has 0 unspecified atom stereocenters. The van der Waals surface area contributed by atoms with E-state index in [-0.39, 0.29) is 38.3 Å². The standard InChI is InChI=1S/3H2O.Pd/h3*1H2;/q;;;+2/p-2. The monoisotopic (exact) mass is 158 g/mol. The Hall–Kier alpha value is 0.542. The van der Waals surface area contributed by atoms with E-state index in [0.717, 1.165) is 0 Å². The Balaban J connectivity index is 0. The molecule has 4 heteroatoms. The van der Waals surface area contributed by atoms with Crippen LogP contribution >= 0.6 is 0 Å². The predicted octanol–water partition coefficient (Wildman–Crippen LogP) is -0.420. The van der Waals surface area contributed by atoms with Gasteiger partial charge in [-0.3, -0.25) is 0 Å². The smallest absolute Gasteiger partial charge is 0.870 e. The fraction of sp³-hybridized carbons (Fsp3) is 0. The summed E-state index contributed by atoms with van der Waals surface area (Å²) in [5.41, 5.74) is 0. The fourth-order valence-electron chi connectivity index (χ4n) is 0. The van der Waals surface area contributed by atoms with Gasteiger partial charge in [0.25, 0.3) is 0 Å². The normalized spacial score (nSPS) is 0. The quantitative estimate of drug-likeness (QED) is 0.448. The van der Waals surface area contributed by atoms with Gasteiger partial charge in [0, 0.05) is 0 Å². The molecule has 0 aliphatic carbocycles. The Bertz CT molecular complexity index is 6.85. The van der Waals surface area contributed by atoms with Crippen LogP contribution in [0, 0.1) is 0 Å². The van der Waals surface area contributed by atoms with Crippen LogP contribution in [0.4, 0.5) is 0 Å². The molecule has 32 valence electrons. The Kier molecular flexibility index (Phi) is 3770. The Morgan fingerprint density at radius 2 is 0.750 bits per heavy atom. The molecule has 0 spiro atoms. The molecule has 0 saturated heterocycles. The molecule has 0 fully saturated rings. The third kappa shape index (κ3) is 20.6. The first-order valence-electron chi connectivity index (χ1n) is 0. The summed E-state index contributed by atoms with van der Waals surface area (Å²) in [5, 5.41) is 0. The summed E-state index contributed by atoms with van der Waals surface area (Å²) < 4.78 is 0. The maximum Gasteiger partial charge on any atom is 2.00 e. The zero-order valence-electron chi connectivity index (χ0n) is 2.66. The van der Waals surface area contributed by atoms with Crippen molar-refractivity contribution in [3.05, 3.63) is 0 Å². The molecule has 0 amide bonds. The molecule has 0 aliphatic rings. The average Bonchev–Trinajstić information content (AvgIpc) is 0. The second kappa shape index (κ2) is 77.8. The van der Waals surface area contributed by atoms with E-state index in [4.69, 9.17) is 0 Å². The van der Waals surface area contributed by atoms with E-state index in [1.165, 1.54) is 0 Å². The van der Waals surface area contributed by atoms with Gasteiger partial charge in [-0.05, 0) is 0 Å². The summed E-state index contributed by atoms with van der Waals surface area (Å²) in [4.78, 5) is 0. The molecule has 4 heavy (non-hydrogen) atoms. The van der Waals surface area contributed by atoms with Crippen LogP contribution in [0.3, 0.4) is 0 Å². The molecule has 0 atom stereocenters. The molecule has 3 nitrogen and oxygen atoms in total. The number of hydrogen-bond donors (Lipinski definition) is 0. The minimum atomic E-state index is 0. The largest absolute Gasteiger partial charge is 2.00 e. The maximum absolute atomic E-state index is 0. The summed E-state index contributed by atoms with van der Waals surface area (Å²) in [5.74, 6) is 0. The van der Waals surface area contributed by atoms with Crippen molar-refractivity contribution in [3.8, 4) is 0 Å². The van der Waals surface area contributed by atoms with Gasteiger partial charge in [0.1, 0.15) is 0 Å². The van der Waals surface area contributed by atoms with Gasteiger partial charge in [-0.15, -0.1) is 0 Å². The van der Waals surface area contributed by atoms with Gasteiger partial charge in [0.05, 0.1) is 0 Å². The van der Waals surface area contributed by atoms with E-state index in [2.05, 4.69) is 0 Å². The topological polar surface area (TPSA) is 90.0 Å². The summed E-state index contributed by atoms with van der Waals surface area (Å²) in [6.07, 6.45) is 0. The van der Waals surface area contributed by atoms with Gasteiger partial charge in [-0.1, -0.05) is 0 Å². The molecule has 0 heterocycles. The predicted molar refractivity (Wildman–Crippen MR) is 6.92 cm³/mol. The van der Waals surface area contributed by atoms with Gasteiger partial charge in [-0.25, -0.2) is 0 Å². The van der Waals surface area contributed by atoms with Crippen molar-refractivity contribution in [2.24, 2.45) is 0 Å².